The second-order valence-corrected chi connectivity index (χ2v) is 5.79. The number of nitrogens with zero attached hydrogens (tertiary/aromatic N) is 5. The molecule has 3 rings (SSSR count). The zero-order valence-corrected chi connectivity index (χ0v) is 14.3. The van der Waals surface area contributed by atoms with Crippen LogP contribution in [0.5, 0.6) is 0 Å². The van der Waals surface area contributed by atoms with Crippen molar-refractivity contribution in [3.63, 3.8) is 0 Å². The first-order valence-corrected chi connectivity index (χ1v) is 8.28. The molecule has 3 aromatic heterocycles. The van der Waals surface area contributed by atoms with Crippen LogP contribution in [0.25, 0.3) is 22.3 Å². The molecule has 3 heterocycles. The van der Waals surface area contributed by atoms with Crippen LogP contribution in [0.15, 0.2) is 29.3 Å². The Morgan fingerprint density at radius 1 is 1.25 bits per heavy atom. The lowest BCUT2D eigenvalue weighted by Crippen LogP contribution is -2.29. The molecule has 7 nitrogen and oxygen atoms in total. The molecule has 24 heavy (non-hydrogen) atoms. The van der Waals surface area contributed by atoms with E-state index in [1.807, 2.05) is 12.1 Å². The summed E-state index contributed by atoms with van der Waals surface area (Å²) in [6.45, 7) is 5.93. The Balaban J connectivity index is 2.20. The van der Waals surface area contributed by atoms with Gasteiger partial charge in [-0.15, -0.1) is 0 Å². The fraction of sp³-hybridized carbons (Fsp3) is 0.412. The van der Waals surface area contributed by atoms with Gasteiger partial charge in [-0.05, 0) is 25.0 Å². The number of pyridine rings is 1. The molecule has 0 aliphatic heterocycles. The van der Waals surface area contributed by atoms with E-state index in [9.17, 15) is 4.79 Å². The van der Waals surface area contributed by atoms with Crippen LogP contribution in [-0.4, -0.2) is 37.8 Å². The van der Waals surface area contributed by atoms with Crippen molar-refractivity contribution in [2.45, 2.75) is 26.7 Å². The van der Waals surface area contributed by atoms with Crippen molar-refractivity contribution in [1.82, 2.24) is 24.7 Å². The van der Waals surface area contributed by atoms with E-state index in [1.54, 1.807) is 24.1 Å². The number of nitrogens with one attached hydrogen (secondary N) is 1. The molecule has 0 saturated carbocycles. The molecule has 0 spiro atoms. The number of aryl methyl sites for hydroxylation is 1. The van der Waals surface area contributed by atoms with Gasteiger partial charge in [0.25, 0.3) is 5.56 Å². The van der Waals surface area contributed by atoms with Crippen LogP contribution in [0.2, 0.25) is 0 Å². The fourth-order valence-electron chi connectivity index (χ4n) is 2.88. The molecule has 0 amide bonds. The van der Waals surface area contributed by atoms with Crippen LogP contribution in [0.4, 0.5) is 5.95 Å². The summed E-state index contributed by atoms with van der Waals surface area (Å²) in [4.78, 5) is 26.5. The van der Waals surface area contributed by atoms with E-state index in [4.69, 9.17) is 4.98 Å². The Morgan fingerprint density at radius 2 is 2.00 bits per heavy atom. The summed E-state index contributed by atoms with van der Waals surface area (Å²) in [6.07, 6.45) is 5.43. The minimum Gasteiger partial charge on any atom is -0.342 e. The van der Waals surface area contributed by atoms with Gasteiger partial charge in [-0.3, -0.25) is 19.4 Å². The molecule has 0 aliphatic carbocycles. The molecule has 0 radical (unpaired) electrons. The molecule has 126 valence electrons. The Kier molecular flexibility index (Phi) is 4.59. The second-order valence-electron chi connectivity index (χ2n) is 5.79. The van der Waals surface area contributed by atoms with Crippen LogP contribution >= 0.6 is 0 Å². The number of H-pyrrole nitrogens is 1. The Bertz CT molecular complexity index is 877. The lowest BCUT2D eigenvalue weighted by atomic mass is 10.2. The largest absolute Gasteiger partial charge is 0.342 e. The van der Waals surface area contributed by atoms with Crippen LogP contribution in [-0.2, 0) is 7.05 Å². The first-order chi connectivity index (χ1) is 11.7. The molecule has 0 bridgehead atoms. The zero-order chi connectivity index (χ0) is 17.1. The summed E-state index contributed by atoms with van der Waals surface area (Å²) < 4.78 is 1.58. The van der Waals surface area contributed by atoms with E-state index in [1.165, 1.54) is 0 Å². The molecule has 0 unspecified atom stereocenters. The molecule has 0 fully saturated rings. The summed E-state index contributed by atoms with van der Waals surface area (Å²) in [5, 5.41) is 4.49. The molecular formula is C17H22N6O. The van der Waals surface area contributed by atoms with Crippen molar-refractivity contribution in [2.24, 2.45) is 7.05 Å². The number of hydrogen-bond donors (Lipinski definition) is 1. The van der Waals surface area contributed by atoms with Gasteiger partial charge in [-0.2, -0.15) is 5.10 Å². The predicted octanol–water partition coefficient (Wildman–Crippen LogP) is 2.34. The summed E-state index contributed by atoms with van der Waals surface area (Å²) in [5.74, 6) is 0.606. The highest BCUT2D eigenvalue weighted by molar-refractivity contribution is 5.89. The molecule has 7 heteroatoms. The smallest absolute Gasteiger partial charge is 0.278 e. The van der Waals surface area contributed by atoms with Gasteiger partial charge in [0.15, 0.2) is 5.52 Å². The normalized spacial score (nSPS) is 11.1. The topological polar surface area (TPSA) is 79.7 Å². The van der Waals surface area contributed by atoms with E-state index in [0.717, 1.165) is 31.5 Å². The number of hydrogen-bond acceptors (Lipinski definition) is 5. The van der Waals surface area contributed by atoms with Crippen molar-refractivity contribution in [3.05, 3.63) is 34.9 Å². The monoisotopic (exact) mass is 326 g/mol. The van der Waals surface area contributed by atoms with Crippen molar-refractivity contribution in [3.8, 4) is 11.3 Å². The average molecular weight is 326 g/mol. The van der Waals surface area contributed by atoms with Gasteiger partial charge in [-0.25, -0.2) is 4.98 Å². The zero-order valence-electron chi connectivity index (χ0n) is 14.3. The molecule has 0 aromatic carbocycles. The molecule has 3 aromatic rings. The third-order valence-electron chi connectivity index (χ3n) is 3.90. The molecule has 0 aliphatic rings. The molecule has 1 N–H and O–H groups in total. The molecule has 0 atom stereocenters. The number of fused-ring (bicyclic) bond motifs is 1. The van der Waals surface area contributed by atoms with E-state index in [2.05, 4.69) is 33.8 Å². The minimum absolute atomic E-state index is 0.169. The van der Waals surface area contributed by atoms with Gasteiger partial charge in [0.05, 0.1) is 0 Å². The minimum atomic E-state index is -0.169. The number of rotatable bonds is 6. The van der Waals surface area contributed by atoms with Gasteiger partial charge in [-0.1, -0.05) is 13.8 Å². The van der Waals surface area contributed by atoms with Crippen molar-refractivity contribution in [2.75, 3.05) is 18.0 Å². The van der Waals surface area contributed by atoms with Crippen LogP contribution in [0.1, 0.15) is 26.7 Å². The maximum Gasteiger partial charge on any atom is 0.278 e. The van der Waals surface area contributed by atoms with Gasteiger partial charge in [0.1, 0.15) is 11.2 Å². The lowest BCUT2D eigenvalue weighted by molar-refractivity contribution is 0.721. The van der Waals surface area contributed by atoms with E-state index < -0.39 is 0 Å². The van der Waals surface area contributed by atoms with Crippen molar-refractivity contribution in [1.29, 1.82) is 0 Å². The summed E-state index contributed by atoms with van der Waals surface area (Å²) >= 11 is 0. The molecule has 0 saturated heterocycles. The van der Waals surface area contributed by atoms with Gasteiger partial charge in [0, 0.05) is 38.1 Å². The highest BCUT2D eigenvalue weighted by Gasteiger charge is 2.18. The number of aromatic nitrogens is 5. The SMILES string of the molecule is CCCN(CCC)c1nc2c(-c3cccnc3)nn(C)c2c(=O)[nH]1. The Labute approximate surface area is 140 Å². The number of anilines is 1. The number of aromatic amines is 1. The van der Waals surface area contributed by atoms with Crippen LogP contribution in [0, 0.1) is 0 Å². The highest BCUT2D eigenvalue weighted by atomic mass is 16.1. The quantitative estimate of drug-likeness (QED) is 0.752. The summed E-state index contributed by atoms with van der Waals surface area (Å²) in [6, 6.07) is 3.78. The third kappa shape index (κ3) is 2.89. The second kappa shape index (κ2) is 6.82. The van der Waals surface area contributed by atoms with E-state index in [0.29, 0.717) is 22.7 Å². The maximum absolute atomic E-state index is 12.6. The van der Waals surface area contributed by atoms with E-state index in [-0.39, 0.29) is 5.56 Å². The van der Waals surface area contributed by atoms with Crippen LogP contribution < -0.4 is 10.5 Å². The highest BCUT2D eigenvalue weighted by Crippen LogP contribution is 2.24. The lowest BCUT2D eigenvalue weighted by Gasteiger charge is -2.21. The van der Waals surface area contributed by atoms with E-state index >= 15 is 0 Å². The van der Waals surface area contributed by atoms with Crippen molar-refractivity contribution < 1.29 is 0 Å². The van der Waals surface area contributed by atoms with Gasteiger partial charge >= 0.3 is 0 Å². The summed E-state index contributed by atoms with van der Waals surface area (Å²) in [7, 11) is 1.76. The van der Waals surface area contributed by atoms with Gasteiger partial charge < -0.3 is 4.90 Å². The van der Waals surface area contributed by atoms with Crippen LogP contribution in [0.3, 0.4) is 0 Å². The summed E-state index contributed by atoms with van der Waals surface area (Å²) in [5.41, 5.74) is 2.45. The first-order valence-electron chi connectivity index (χ1n) is 8.28. The predicted molar refractivity (Wildman–Crippen MR) is 95.2 cm³/mol. The van der Waals surface area contributed by atoms with Crippen molar-refractivity contribution >= 4 is 17.0 Å². The third-order valence-corrected chi connectivity index (χ3v) is 3.90. The Morgan fingerprint density at radius 3 is 2.62 bits per heavy atom. The first kappa shape index (κ1) is 16.2. The fourth-order valence-corrected chi connectivity index (χ4v) is 2.88. The standard InChI is InChI=1S/C17H22N6O/c1-4-9-23(10-5-2)17-19-14-13(12-7-6-8-18-11-12)21-22(3)15(14)16(24)20-17/h6-8,11H,4-5,9-10H2,1-3H3,(H,19,20,24). The molecular weight excluding hydrogens is 304 g/mol. The Hall–Kier alpha value is -2.70. The maximum atomic E-state index is 12.6. The van der Waals surface area contributed by atoms with Gasteiger partial charge in [0.2, 0.25) is 5.95 Å². The average Bonchev–Trinajstić information content (AvgIpc) is 2.93.